The Hall–Kier alpha value is -1.44. The van der Waals surface area contributed by atoms with Gasteiger partial charge in [0.2, 0.25) is 0 Å². The van der Waals surface area contributed by atoms with Crippen molar-refractivity contribution in [3.8, 4) is 5.75 Å². The molecule has 0 aliphatic carbocycles. The molecule has 15 heavy (non-hydrogen) atoms. The SMILES string of the molecule is COc1ccc(NCC=C(C)C)c(C)c1. The van der Waals surface area contributed by atoms with Crippen LogP contribution in [0.5, 0.6) is 5.75 Å². The minimum absolute atomic E-state index is 0.871. The molecule has 82 valence electrons. The number of anilines is 1. The van der Waals surface area contributed by atoms with E-state index in [0.717, 1.165) is 18.0 Å². The average Bonchev–Trinajstić information content (AvgIpc) is 2.20. The first-order chi connectivity index (χ1) is 7.13. The summed E-state index contributed by atoms with van der Waals surface area (Å²) in [5, 5.41) is 3.36. The molecule has 2 nitrogen and oxygen atoms in total. The van der Waals surface area contributed by atoms with E-state index in [2.05, 4.69) is 32.2 Å². The molecule has 0 aromatic heterocycles. The first-order valence-electron chi connectivity index (χ1n) is 5.15. The Morgan fingerprint density at radius 3 is 2.67 bits per heavy atom. The highest BCUT2D eigenvalue weighted by Crippen LogP contribution is 2.20. The molecule has 0 atom stereocenters. The van der Waals surface area contributed by atoms with Crippen molar-refractivity contribution in [2.75, 3.05) is 19.0 Å². The number of rotatable bonds is 4. The molecule has 0 heterocycles. The van der Waals surface area contributed by atoms with E-state index < -0.39 is 0 Å². The smallest absolute Gasteiger partial charge is 0.119 e. The number of methoxy groups -OCH3 is 1. The zero-order chi connectivity index (χ0) is 11.3. The Kier molecular flexibility index (Phi) is 4.22. The molecule has 0 bridgehead atoms. The quantitative estimate of drug-likeness (QED) is 0.761. The average molecular weight is 205 g/mol. The van der Waals surface area contributed by atoms with Crippen LogP contribution in [-0.4, -0.2) is 13.7 Å². The van der Waals surface area contributed by atoms with Crippen LogP contribution in [0.3, 0.4) is 0 Å². The van der Waals surface area contributed by atoms with Crippen molar-refractivity contribution in [1.82, 2.24) is 0 Å². The molecule has 0 radical (unpaired) electrons. The number of hydrogen-bond acceptors (Lipinski definition) is 2. The van der Waals surface area contributed by atoms with E-state index in [1.54, 1.807) is 7.11 Å². The maximum atomic E-state index is 5.15. The first kappa shape index (κ1) is 11.6. The van der Waals surface area contributed by atoms with Gasteiger partial charge in [-0.3, -0.25) is 0 Å². The van der Waals surface area contributed by atoms with Crippen LogP contribution < -0.4 is 10.1 Å². The molecular formula is C13H19NO. The van der Waals surface area contributed by atoms with Crippen molar-refractivity contribution >= 4 is 5.69 Å². The summed E-state index contributed by atoms with van der Waals surface area (Å²) in [6, 6.07) is 6.05. The van der Waals surface area contributed by atoms with Gasteiger partial charge in [0.1, 0.15) is 5.75 Å². The topological polar surface area (TPSA) is 21.3 Å². The van der Waals surface area contributed by atoms with Crippen molar-refractivity contribution in [2.24, 2.45) is 0 Å². The Balaban J connectivity index is 2.66. The fraction of sp³-hybridized carbons (Fsp3) is 0.385. The van der Waals surface area contributed by atoms with Gasteiger partial charge in [-0.2, -0.15) is 0 Å². The van der Waals surface area contributed by atoms with Gasteiger partial charge in [0.05, 0.1) is 7.11 Å². The second kappa shape index (κ2) is 5.44. The molecule has 1 aromatic carbocycles. The zero-order valence-electron chi connectivity index (χ0n) is 9.92. The highest BCUT2D eigenvalue weighted by molar-refractivity contribution is 5.53. The number of allylic oxidation sites excluding steroid dienone is 1. The summed E-state index contributed by atoms with van der Waals surface area (Å²) >= 11 is 0. The normalized spacial score (nSPS) is 9.60. The molecule has 0 saturated carbocycles. The van der Waals surface area contributed by atoms with E-state index >= 15 is 0 Å². The van der Waals surface area contributed by atoms with Gasteiger partial charge in [0.25, 0.3) is 0 Å². The first-order valence-corrected chi connectivity index (χ1v) is 5.15. The highest BCUT2D eigenvalue weighted by atomic mass is 16.5. The standard InChI is InChI=1S/C13H19NO/c1-10(2)7-8-14-13-6-5-12(15-4)9-11(13)3/h5-7,9,14H,8H2,1-4H3. The number of nitrogens with one attached hydrogen (secondary N) is 1. The number of ether oxygens (including phenoxy) is 1. The fourth-order valence-electron chi connectivity index (χ4n) is 1.33. The molecule has 0 aliphatic rings. The molecular weight excluding hydrogens is 186 g/mol. The van der Waals surface area contributed by atoms with Gasteiger partial charge in [-0.25, -0.2) is 0 Å². The lowest BCUT2D eigenvalue weighted by atomic mass is 10.2. The van der Waals surface area contributed by atoms with E-state index in [1.807, 2.05) is 18.2 Å². The van der Waals surface area contributed by atoms with E-state index in [-0.39, 0.29) is 0 Å². The molecule has 1 rings (SSSR count). The lowest BCUT2D eigenvalue weighted by Crippen LogP contribution is -2.00. The predicted molar refractivity (Wildman–Crippen MR) is 65.7 cm³/mol. The van der Waals surface area contributed by atoms with Gasteiger partial charge in [0, 0.05) is 12.2 Å². The highest BCUT2D eigenvalue weighted by Gasteiger charge is 1.98. The van der Waals surface area contributed by atoms with Crippen LogP contribution in [-0.2, 0) is 0 Å². The van der Waals surface area contributed by atoms with Crippen LogP contribution in [0.1, 0.15) is 19.4 Å². The van der Waals surface area contributed by atoms with E-state index in [9.17, 15) is 0 Å². The second-order valence-corrected chi connectivity index (χ2v) is 3.84. The molecule has 0 aliphatic heterocycles. The molecule has 2 heteroatoms. The molecule has 0 amide bonds. The predicted octanol–water partition coefficient (Wildman–Crippen LogP) is 3.38. The monoisotopic (exact) mass is 205 g/mol. The minimum Gasteiger partial charge on any atom is -0.497 e. The summed E-state index contributed by atoms with van der Waals surface area (Å²) in [5.41, 5.74) is 3.69. The number of benzene rings is 1. The molecule has 0 saturated heterocycles. The molecule has 1 aromatic rings. The summed E-state index contributed by atoms with van der Waals surface area (Å²) in [6.45, 7) is 7.15. The van der Waals surface area contributed by atoms with Crippen LogP contribution in [0.25, 0.3) is 0 Å². The summed E-state index contributed by atoms with van der Waals surface area (Å²) < 4.78 is 5.15. The summed E-state index contributed by atoms with van der Waals surface area (Å²) in [4.78, 5) is 0. The Bertz CT molecular complexity index is 352. The third-order valence-electron chi connectivity index (χ3n) is 2.24. The van der Waals surface area contributed by atoms with Crippen molar-refractivity contribution in [1.29, 1.82) is 0 Å². The van der Waals surface area contributed by atoms with Crippen molar-refractivity contribution < 1.29 is 4.74 Å². The van der Waals surface area contributed by atoms with E-state index in [0.29, 0.717) is 0 Å². The van der Waals surface area contributed by atoms with Crippen LogP contribution in [0.2, 0.25) is 0 Å². The zero-order valence-corrected chi connectivity index (χ0v) is 9.92. The summed E-state index contributed by atoms with van der Waals surface area (Å²) in [5.74, 6) is 0.903. The third kappa shape index (κ3) is 3.66. The molecule has 0 unspecified atom stereocenters. The Labute approximate surface area is 92.0 Å². The second-order valence-electron chi connectivity index (χ2n) is 3.84. The lowest BCUT2D eigenvalue weighted by Gasteiger charge is -2.09. The summed E-state index contributed by atoms with van der Waals surface area (Å²) in [7, 11) is 1.69. The maximum Gasteiger partial charge on any atom is 0.119 e. The van der Waals surface area contributed by atoms with Crippen LogP contribution in [0.15, 0.2) is 29.8 Å². The fourth-order valence-corrected chi connectivity index (χ4v) is 1.33. The minimum atomic E-state index is 0.871. The van der Waals surface area contributed by atoms with Crippen molar-refractivity contribution in [2.45, 2.75) is 20.8 Å². The van der Waals surface area contributed by atoms with Gasteiger partial charge in [-0.1, -0.05) is 11.6 Å². The van der Waals surface area contributed by atoms with Crippen molar-refractivity contribution in [3.63, 3.8) is 0 Å². The van der Waals surface area contributed by atoms with E-state index in [1.165, 1.54) is 11.1 Å². The third-order valence-corrected chi connectivity index (χ3v) is 2.24. The maximum absolute atomic E-state index is 5.15. The van der Waals surface area contributed by atoms with Gasteiger partial charge < -0.3 is 10.1 Å². The Morgan fingerprint density at radius 1 is 1.40 bits per heavy atom. The van der Waals surface area contributed by atoms with Crippen LogP contribution in [0.4, 0.5) is 5.69 Å². The molecule has 0 fully saturated rings. The van der Waals surface area contributed by atoms with Gasteiger partial charge in [-0.15, -0.1) is 0 Å². The number of aryl methyl sites for hydroxylation is 1. The Morgan fingerprint density at radius 2 is 2.13 bits per heavy atom. The number of hydrogen-bond donors (Lipinski definition) is 1. The van der Waals surface area contributed by atoms with Gasteiger partial charge in [-0.05, 0) is 44.5 Å². The van der Waals surface area contributed by atoms with Crippen LogP contribution in [0, 0.1) is 6.92 Å². The van der Waals surface area contributed by atoms with Crippen LogP contribution >= 0.6 is 0 Å². The summed E-state index contributed by atoms with van der Waals surface area (Å²) in [6.07, 6.45) is 2.17. The molecule has 0 spiro atoms. The largest absolute Gasteiger partial charge is 0.497 e. The van der Waals surface area contributed by atoms with Crippen molar-refractivity contribution in [3.05, 3.63) is 35.4 Å². The van der Waals surface area contributed by atoms with Gasteiger partial charge >= 0.3 is 0 Å². The van der Waals surface area contributed by atoms with Gasteiger partial charge in [0.15, 0.2) is 0 Å². The van der Waals surface area contributed by atoms with E-state index in [4.69, 9.17) is 4.74 Å². The lowest BCUT2D eigenvalue weighted by molar-refractivity contribution is 0.414. The molecule has 1 N–H and O–H groups in total.